The lowest BCUT2D eigenvalue weighted by Crippen LogP contribution is -2.28. The first-order valence-electron chi connectivity index (χ1n) is 6.96. The Labute approximate surface area is 106 Å². The van der Waals surface area contributed by atoms with E-state index < -0.39 is 0 Å². The van der Waals surface area contributed by atoms with Crippen LogP contribution >= 0.6 is 0 Å². The second-order valence-electron chi connectivity index (χ2n) is 4.66. The van der Waals surface area contributed by atoms with Crippen LogP contribution in [0.4, 0.5) is 0 Å². The minimum Gasteiger partial charge on any atom is -0.314 e. The fourth-order valence-corrected chi connectivity index (χ4v) is 2.25. The van der Waals surface area contributed by atoms with E-state index in [1.807, 2.05) is 4.68 Å². The van der Waals surface area contributed by atoms with Gasteiger partial charge in [0, 0.05) is 18.8 Å². The van der Waals surface area contributed by atoms with Crippen LogP contribution in [0, 0.1) is 0 Å². The SMILES string of the molecule is CCNC(CC)CCCc1cc(CC)nn1C. The van der Waals surface area contributed by atoms with Crippen molar-refractivity contribution in [3.63, 3.8) is 0 Å². The van der Waals surface area contributed by atoms with E-state index in [0.29, 0.717) is 6.04 Å². The van der Waals surface area contributed by atoms with Crippen molar-refractivity contribution in [3.8, 4) is 0 Å². The zero-order valence-electron chi connectivity index (χ0n) is 11.8. The third-order valence-corrected chi connectivity index (χ3v) is 3.36. The van der Waals surface area contributed by atoms with Gasteiger partial charge in [0.1, 0.15) is 0 Å². The molecular formula is C14H27N3. The second kappa shape index (κ2) is 7.49. The lowest BCUT2D eigenvalue weighted by molar-refractivity contribution is 0.464. The zero-order chi connectivity index (χ0) is 12.7. The first kappa shape index (κ1) is 14.2. The Bertz CT molecular complexity index is 317. The van der Waals surface area contributed by atoms with Gasteiger partial charge in [0.05, 0.1) is 5.69 Å². The van der Waals surface area contributed by atoms with Crippen molar-refractivity contribution in [1.29, 1.82) is 0 Å². The maximum Gasteiger partial charge on any atom is 0.0624 e. The second-order valence-corrected chi connectivity index (χ2v) is 4.66. The van der Waals surface area contributed by atoms with E-state index >= 15 is 0 Å². The Morgan fingerprint density at radius 2 is 2.12 bits per heavy atom. The quantitative estimate of drug-likeness (QED) is 0.753. The summed E-state index contributed by atoms with van der Waals surface area (Å²) in [5.41, 5.74) is 2.58. The molecule has 1 aromatic heterocycles. The summed E-state index contributed by atoms with van der Waals surface area (Å²) >= 11 is 0. The molecule has 1 unspecified atom stereocenters. The van der Waals surface area contributed by atoms with Gasteiger partial charge in [0.25, 0.3) is 0 Å². The molecule has 0 aliphatic rings. The van der Waals surface area contributed by atoms with Crippen LogP contribution in [-0.2, 0) is 19.9 Å². The van der Waals surface area contributed by atoms with E-state index in [9.17, 15) is 0 Å². The smallest absolute Gasteiger partial charge is 0.0624 e. The monoisotopic (exact) mass is 237 g/mol. The summed E-state index contributed by atoms with van der Waals surface area (Å²) in [6, 6.07) is 2.92. The molecule has 1 aromatic rings. The van der Waals surface area contributed by atoms with Gasteiger partial charge < -0.3 is 5.32 Å². The molecule has 3 nitrogen and oxygen atoms in total. The lowest BCUT2D eigenvalue weighted by Gasteiger charge is -2.15. The summed E-state index contributed by atoms with van der Waals surface area (Å²) in [6.07, 6.45) is 5.90. The van der Waals surface area contributed by atoms with Gasteiger partial charge in [-0.2, -0.15) is 5.10 Å². The van der Waals surface area contributed by atoms with Crippen LogP contribution in [0.3, 0.4) is 0 Å². The predicted octanol–water partition coefficient (Wildman–Crippen LogP) is 2.69. The maximum absolute atomic E-state index is 4.48. The zero-order valence-corrected chi connectivity index (χ0v) is 11.8. The molecule has 0 bridgehead atoms. The first-order chi connectivity index (χ1) is 8.21. The standard InChI is InChI=1S/C14H27N3/c1-5-12(15-7-3)9-8-10-14-11-13(6-2)16-17(14)4/h11-12,15H,5-10H2,1-4H3. The number of aryl methyl sites for hydroxylation is 3. The summed E-state index contributed by atoms with van der Waals surface area (Å²) in [6.45, 7) is 7.67. The number of rotatable bonds is 8. The molecule has 0 saturated carbocycles. The molecule has 17 heavy (non-hydrogen) atoms. The van der Waals surface area contributed by atoms with Gasteiger partial charge in [-0.15, -0.1) is 0 Å². The maximum atomic E-state index is 4.48. The molecule has 1 rings (SSSR count). The van der Waals surface area contributed by atoms with Crippen molar-refractivity contribution in [2.45, 2.75) is 58.9 Å². The summed E-state index contributed by atoms with van der Waals surface area (Å²) in [5.74, 6) is 0. The van der Waals surface area contributed by atoms with Crippen molar-refractivity contribution < 1.29 is 0 Å². The molecule has 1 N–H and O–H groups in total. The highest BCUT2D eigenvalue weighted by Crippen LogP contribution is 2.10. The third kappa shape index (κ3) is 4.50. The third-order valence-electron chi connectivity index (χ3n) is 3.36. The molecule has 0 saturated heterocycles. The van der Waals surface area contributed by atoms with Crippen LogP contribution in [0.2, 0.25) is 0 Å². The van der Waals surface area contributed by atoms with Crippen LogP contribution in [-0.4, -0.2) is 22.4 Å². The number of nitrogens with zero attached hydrogens (tertiary/aromatic N) is 2. The van der Waals surface area contributed by atoms with Crippen LogP contribution < -0.4 is 5.32 Å². The van der Waals surface area contributed by atoms with Crippen molar-refractivity contribution in [2.75, 3.05) is 6.54 Å². The molecule has 0 radical (unpaired) electrons. The average Bonchev–Trinajstić information content (AvgIpc) is 2.69. The van der Waals surface area contributed by atoms with Crippen LogP contribution in [0.1, 0.15) is 51.4 Å². The predicted molar refractivity (Wildman–Crippen MR) is 73.3 cm³/mol. The fraction of sp³-hybridized carbons (Fsp3) is 0.786. The van der Waals surface area contributed by atoms with E-state index in [1.54, 1.807) is 0 Å². The van der Waals surface area contributed by atoms with Gasteiger partial charge in [-0.25, -0.2) is 0 Å². The van der Waals surface area contributed by atoms with Gasteiger partial charge in [-0.3, -0.25) is 4.68 Å². The average molecular weight is 237 g/mol. The van der Waals surface area contributed by atoms with E-state index in [2.05, 4.69) is 44.3 Å². The lowest BCUT2D eigenvalue weighted by atomic mass is 10.1. The first-order valence-corrected chi connectivity index (χ1v) is 6.96. The highest BCUT2D eigenvalue weighted by Gasteiger charge is 2.07. The molecule has 0 fully saturated rings. The highest BCUT2D eigenvalue weighted by molar-refractivity contribution is 5.10. The molecule has 98 valence electrons. The van der Waals surface area contributed by atoms with Crippen molar-refractivity contribution in [3.05, 3.63) is 17.5 Å². The Balaban J connectivity index is 2.36. The number of hydrogen-bond acceptors (Lipinski definition) is 2. The molecular weight excluding hydrogens is 210 g/mol. The van der Waals surface area contributed by atoms with Gasteiger partial charge in [0.2, 0.25) is 0 Å². The van der Waals surface area contributed by atoms with Crippen molar-refractivity contribution >= 4 is 0 Å². The molecule has 0 aliphatic carbocycles. The van der Waals surface area contributed by atoms with E-state index in [4.69, 9.17) is 0 Å². The van der Waals surface area contributed by atoms with Gasteiger partial charge in [-0.05, 0) is 44.7 Å². The van der Waals surface area contributed by atoms with Gasteiger partial charge >= 0.3 is 0 Å². The number of aromatic nitrogens is 2. The molecule has 0 aliphatic heterocycles. The molecule has 1 heterocycles. The van der Waals surface area contributed by atoms with E-state index in [0.717, 1.165) is 19.4 Å². The number of hydrogen-bond donors (Lipinski definition) is 1. The molecule has 3 heteroatoms. The Kier molecular flexibility index (Phi) is 6.27. The summed E-state index contributed by atoms with van der Waals surface area (Å²) in [5, 5.41) is 8.01. The minimum absolute atomic E-state index is 0.680. The Morgan fingerprint density at radius 1 is 1.35 bits per heavy atom. The molecule has 0 aromatic carbocycles. The van der Waals surface area contributed by atoms with Crippen LogP contribution in [0.5, 0.6) is 0 Å². The summed E-state index contributed by atoms with van der Waals surface area (Å²) < 4.78 is 2.03. The highest BCUT2D eigenvalue weighted by atomic mass is 15.3. The normalized spacial score (nSPS) is 12.9. The molecule has 1 atom stereocenters. The summed E-state index contributed by atoms with van der Waals surface area (Å²) in [4.78, 5) is 0. The fourth-order valence-electron chi connectivity index (χ4n) is 2.25. The minimum atomic E-state index is 0.680. The van der Waals surface area contributed by atoms with Crippen molar-refractivity contribution in [2.24, 2.45) is 7.05 Å². The van der Waals surface area contributed by atoms with Crippen molar-refractivity contribution in [1.82, 2.24) is 15.1 Å². The topological polar surface area (TPSA) is 29.9 Å². The van der Waals surface area contributed by atoms with Gasteiger partial charge in [0.15, 0.2) is 0 Å². The molecule has 0 spiro atoms. The summed E-state index contributed by atoms with van der Waals surface area (Å²) in [7, 11) is 2.05. The molecule has 0 amide bonds. The van der Waals surface area contributed by atoms with E-state index in [1.165, 1.54) is 30.7 Å². The van der Waals surface area contributed by atoms with Crippen LogP contribution in [0.25, 0.3) is 0 Å². The van der Waals surface area contributed by atoms with Gasteiger partial charge in [-0.1, -0.05) is 20.8 Å². The largest absolute Gasteiger partial charge is 0.314 e. The number of nitrogens with one attached hydrogen (secondary N) is 1. The van der Waals surface area contributed by atoms with E-state index in [-0.39, 0.29) is 0 Å². The Hall–Kier alpha value is -0.830. The van der Waals surface area contributed by atoms with Crippen LogP contribution in [0.15, 0.2) is 6.07 Å². The Morgan fingerprint density at radius 3 is 2.65 bits per heavy atom.